The molecule has 0 N–H and O–H groups in total. The average molecular weight is 316 g/mol. The highest BCUT2D eigenvalue weighted by Gasteiger charge is 2.27. The van der Waals surface area contributed by atoms with E-state index >= 15 is 0 Å². The van der Waals surface area contributed by atoms with Gasteiger partial charge in [-0.25, -0.2) is 0 Å². The van der Waals surface area contributed by atoms with Crippen LogP contribution in [0.25, 0.3) is 0 Å². The van der Waals surface area contributed by atoms with E-state index in [4.69, 9.17) is 0 Å². The molecule has 0 aromatic heterocycles. The lowest BCUT2D eigenvalue weighted by atomic mass is 9.90. The summed E-state index contributed by atoms with van der Waals surface area (Å²) in [5.74, 6) is -0.631. The molecule has 0 aliphatic heterocycles. The Bertz CT molecular complexity index is 457. The number of halogens is 2. The number of hydrogen-bond acceptors (Lipinski definition) is 2. The molecule has 3 nitrogen and oxygen atoms in total. The van der Waals surface area contributed by atoms with E-state index in [-0.39, 0.29) is 11.6 Å². The maximum absolute atomic E-state index is 13.7. The topological polar surface area (TPSA) is 43.1 Å². The second-order valence-electron chi connectivity index (χ2n) is 4.77. The molecule has 98 valence electrons. The smallest absolute Gasteiger partial charge is 0.258 e. The first kappa shape index (κ1) is 13.5. The SMILES string of the molecule is O=[N+]([O-])c1c(F)cc(Br)cc1C1CCCCCC1. The molecular weight excluding hydrogens is 301 g/mol. The van der Waals surface area contributed by atoms with Crippen LogP contribution >= 0.6 is 15.9 Å². The van der Waals surface area contributed by atoms with Gasteiger partial charge in [-0.15, -0.1) is 0 Å². The van der Waals surface area contributed by atoms with E-state index < -0.39 is 10.7 Å². The maximum Gasteiger partial charge on any atom is 0.308 e. The molecule has 18 heavy (non-hydrogen) atoms. The minimum atomic E-state index is -0.742. The molecule has 0 radical (unpaired) electrons. The molecule has 0 atom stereocenters. The summed E-state index contributed by atoms with van der Waals surface area (Å²) in [4.78, 5) is 10.4. The largest absolute Gasteiger partial charge is 0.308 e. The van der Waals surface area contributed by atoms with Gasteiger partial charge >= 0.3 is 5.69 Å². The Kier molecular flexibility index (Phi) is 4.32. The van der Waals surface area contributed by atoms with Gasteiger partial charge in [0.1, 0.15) is 0 Å². The summed E-state index contributed by atoms with van der Waals surface area (Å²) in [6.07, 6.45) is 6.29. The zero-order valence-electron chi connectivity index (χ0n) is 9.99. The van der Waals surface area contributed by atoms with Gasteiger partial charge in [-0.05, 0) is 30.9 Å². The summed E-state index contributed by atoms with van der Waals surface area (Å²) in [6.45, 7) is 0. The van der Waals surface area contributed by atoms with Gasteiger partial charge in [0.25, 0.3) is 0 Å². The number of nitro groups is 1. The van der Waals surface area contributed by atoms with E-state index in [1.165, 1.54) is 18.9 Å². The predicted molar refractivity (Wildman–Crippen MR) is 71.2 cm³/mol. The highest BCUT2D eigenvalue weighted by molar-refractivity contribution is 9.10. The van der Waals surface area contributed by atoms with Gasteiger partial charge in [0.05, 0.1) is 4.92 Å². The van der Waals surface area contributed by atoms with Crippen LogP contribution in [0.2, 0.25) is 0 Å². The molecule has 1 aliphatic rings. The molecule has 0 unspecified atom stereocenters. The minimum absolute atomic E-state index is 0.111. The third kappa shape index (κ3) is 2.88. The Morgan fingerprint density at radius 2 is 1.83 bits per heavy atom. The standard InChI is InChI=1S/C13H15BrFNO2/c14-10-7-11(9-5-3-1-2-4-6-9)13(16(17)18)12(15)8-10/h7-9H,1-6H2. The Balaban J connectivity index is 2.43. The van der Waals surface area contributed by atoms with Crippen molar-refractivity contribution in [1.82, 2.24) is 0 Å². The van der Waals surface area contributed by atoms with Crippen molar-refractivity contribution in [3.8, 4) is 0 Å². The summed E-state index contributed by atoms with van der Waals surface area (Å²) in [6, 6.07) is 2.87. The van der Waals surface area contributed by atoms with Crippen molar-refractivity contribution in [2.45, 2.75) is 44.4 Å². The van der Waals surface area contributed by atoms with E-state index in [2.05, 4.69) is 15.9 Å². The van der Waals surface area contributed by atoms with Crippen molar-refractivity contribution in [2.24, 2.45) is 0 Å². The van der Waals surface area contributed by atoms with Crippen LogP contribution in [0, 0.1) is 15.9 Å². The number of nitro benzene ring substituents is 1. The zero-order chi connectivity index (χ0) is 13.1. The lowest BCUT2D eigenvalue weighted by molar-refractivity contribution is -0.388. The number of nitrogens with zero attached hydrogens (tertiary/aromatic N) is 1. The lowest BCUT2D eigenvalue weighted by Gasteiger charge is -2.15. The van der Waals surface area contributed by atoms with E-state index in [9.17, 15) is 14.5 Å². The molecule has 0 amide bonds. The van der Waals surface area contributed by atoms with Gasteiger partial charge < -0.3 is 0 Å². The van der Waals surface area contributed by atoms with E-state index in [1.54, 1.807) is 6.07 Å². The fourth-order valence-electron chi connectivity index (χ4n) is 2.68. The van der Waals surface area contributed by atoms with E-state index in [1.807, 2.05) is 0 Å². The fraction of sp³-hybridized carbons (Fsp3) is 0.538. The fourth-order valence-corrected chi connectivity index (χ4v) is 3.13. The summed E-state index contributed by atoms with van der Waals surface area (Å²) < 4.78 is 14.3. The van der Waals surface area contributed by atoms with Crippen LogP contribution in [0.3, 0.4) is 0 Å². The van der Waals surface area contributed by atoms with Gasteiger partial charge in [0, 0.05) is 10.0 Å². The van der Waals surface area contributed by atoms with Gasteiger partial charge in [-0.3, -0.25) is 10.1 Å². The molecule has 0 heterocycles. The predicted octanol–water partition coefficient (Wildman–Crippen LogP) is 4.93. The Hall–Kier alpha value is -0.970. The highest BCUT2D eigenvalue weighted by atomic mass is 79.9. The molecule has 2 rings (SSSR count). The van der Waals surface area contributed by atoms with Crippen LogP contribution in [0.4, 0.5) is 10.1 Å². The normalized spacial score (nSPS) is 17.4. The first-order chi connectivity index (χ1) is 8.59. The Morgan fingerprint density at radius 3 is 2.39 bits per heavy atom. The van der Waals surface area contributed by atoms with Crippen molar-refractivity contribution >= 4 is 21.6 Å². The molecule has 0 spiro atoms. The molecule has 0 saturated heterocycles. The van der Waals surface area contributed by atoms with Crippen LogP contribution in [0.15, 0.2) is 16.6 Å². The molecule has 1 aliphatic carbocycles. The van der Waals surface area contributed by atoms with Crippen LogP contribution in [-0.2, 0) is 0 Å². The van der Waals surface area contributed by atoms with Crippen molar-refractivity contribution in [1.29, 1.82) is 0 Å². The first-order valence-electron chi connectivity index (χ1n) is 6.23. The zero-order valence-corrected chi connectivity index (χ0v) is 11.6. The van der Waals surface area contributed by atoms with E-state index in [0.29, 0.717) is 10.0 Å². The van der Waals surface area contributed by atoms with Crippen molar-refractivity contribution in [3.05, 3.63) is 38.1 Å². The van der Waals surface area contributed by atoms with Crippen LogP contribution in [0.1, 0.15) is 50.0 Å². The molecular formula is C13H15BrFNO2. The first-order valence-corrected chi connectivity index (χ1v) is 7.02. The van der Waals surface area contributed by atoms with Gasteiger partial charge in [0.15, 0.2) is 0 Å². The van der Waals surface area contributed by atoms with Gasteiger partial charge in [0.2, 0.25) is 5.82 Å². The van der Waals surface area contributed by atoms with E-state index in [0.717, 1.165) is 25.7 Å². The number of rotatable bonds is 2. The van der Waals surface area contributed by atoms with Gasteiger partial charge in [-0.2, -0.15) is 4.39 Å². The second-order valence-corrected chi connectivity index (χ2v) is 5.69. The summed E-state index contributed by atoms with van der Waals surface area (Å²) in [5.41, 5.74) is 0.207. The number of hydrogen-bond donors (Lipinski definition) is 0. The average Bonchev–Trinajstić information content (AvgIpc) is 2.55. The lowest BCUT2D eigenvalue weighted by Crippen LogP contribution is -2.05. The van der Waals surface area contributed by atoms with Crippen molar-refractivity contribution in [2.75, 3.05) is 0 Å². The molecule has 5 heteroatoms. The second kappa shape index (κ2) is 5.78. The van der Waals surface area contributed by atoms with Gasteiger partial charge in [-0.1, -0.05) is 41.6 Å². The van der Waals surface area contributed by atoms with Crippen LogP contribution < -0.4 is 0 Å². The molecule has 1 aromatic rings. The Labute approximate surface area is 114 Å². The molecule has 0 bridgehead atoms. The third-order valence-electron chi connectivity index (χ3n) is 3.54. The highest BCUT2D eigenvalue weighted by Crippen LogP contribution is 2.39. The van der Waals surface area contributed by atoms with Crippen molar-refractivity contribution in [3.63, 3.8) is 0 Å². The molecule has 1 fully saturated rings. The minimum Gasteiger partial charge on any atom is -0.258 e. The number of benzene rings is 1. The molecule has 1 saturated carbocycles. The van der Waals surface area contributed by atoms with Crippen LogP contribution in [0.5, 0.6) is 0 Å². The summed E-state index contributed by atoms with van der Waals surface area (Å²) in [7, 11) is 0. The van der Waals surface area contributed by atoms with Crippen LogP contribution in [-0.4, -0.2) is 4.92 Å². The monoisotopic (exact) mass is 315 g/mol. The summed E-state index contributed by atoms with van der Waals surface area (Å²) >= 11 is 3.22. The van der Waals surface area contributed by atoms with Crippen molar-refractivity contribution < 1.29 is 9.31 Å². The maximum atomic E-state index is 13.7. The third-order valence-corrected chi connectivity index (χ3v) is 3.99. The molecule has 1 aromatic carbocycles. The quantitative estimate of drug-likeness (QED) is 0.441. The summed E-state index contributed by atoms with van der Waals surface area (Å²) in [5, 5.41) is 11.0. The Morgan fingerprint density at radius 1 is 1.22 bits per heavy atom.